The van der Waals surface area contributed by atoms with Crippen molar-refractivity contribution in [2.24, 2.45) is 0 Å². The second kappa shape index (κ2) is 8.15. The molecule has 1 aromatic rings. The van der Waals surface area contributed by atoms with E-state index in [-0.39, 0.29) is 40.0 Å². The Kier molecular flexibility index (Phi) is 6.84. The van der Waals surface area contributed by atoms with Crippen LogP contribution in [0.2, 0.25) is 10.0 Å². The van der Waals surface area contributed by atoms with Crippen LogP contribution in [0, 0.1) is 12.7 Å². The highest BCUT2D eigenvalue weighted by molar-refractivity contribution is 6.40. The van der Waals surface area contributed by atoms with Crippen molar-refractivity contribution in [2.45, 2.75) is 20.8 Å². The molecule has 120 valence electrons. The third kappa shape index (κ3) is 3.99. The second-order valence-corrected chi connectivity index (χ2v) is 4.95. The molecule has 0 saturated carbocycles. The number of carbonyl (C=O) groups excluding carboxylic acids is 2. The summed E-state index contributed by atoms with van der Waals surface area (Å²) in [4.78, 5) is 24.3. The summed E-state index contributed by atoms with van der Waals surface area (Å²) in [5, 5.41) is -0.198. The van der Waals surface area contributed by atoms with Crippen molar-refractivity contribution in [3.05, 3.63) is 44.9 Å². The van der Waals surface area contributed by atoms with E-state index in [1.807, 2.05) is 0 Å². The Morgan fingerprint density at radius 3 is 2.41 bits per heavy atom. The second-order valence-electron chi connectivity index (χ2n) is 4.20. The Morgan fingerprint density at radius 1 is 1.23 bits per heavy atom. The smallest absolute Gasteiger partial charge is 0.345 e. The molecule has 0 bridgehead atoms. The molecule has 0 spiro atoms. The Morgan fingerprint density at radius 2 is 1.86 bits per heavy atom. The molecule has 0 unspecified atom stereocenters. The monoisotopic (exact) mass is 348 g/mol. The summed E-state index contributed by atoms with van der Waals surface area (Å²) in [6, 6.07) is 0.888. The summed E-state index contributed by atoms with van der Waals surface area (Å²) >= 11 is 11.8. The van der Waals surface area contributed by atoms with Gasteiger partial charge in [0, 0.05) is 5.56 Å². The maximum absolute atomic E-state index is 13.7. The van der Waals surface area contributed by atoms with Crippen LogP contribution in [-0.4, -0.2) is 25.0 Å². The zero-order valence-electron chi connectivity index (χ0n) is 12.3. The van der Waals surface area contributed by atoms with Crippen LogP contribution in [0.3, 0.4) is 0 Å². The van der Waals surface area contributed by atoms with Crippen molar-refractivity contribution in [3.8, 4) is 0 Å². The van der Waals surface area contributed by atoms with Crippen molar-refractivity contribution in [3.63, 3.8) is 0 Å². The van der Waals surface area contributed by atoms with E-state index < -0.39 is 17.6 Å². The van der Waals surface area contributed by atoms with E-state index in [9.17, 15) is 14.0 Å². The third-order valence-corrected chi connectivity index (χ3v) is 3.68. The van der Waals surface area contributed by atoms with Gasteiger partial charge in [-0.3, -0.25) is 4.79 Å². The Bertz CT molecular complexity index is 626. The third-order valence-electron chi connectivity index (χ3n) is 2.73. The molecule has 0 fully saturated rings. The first-order valence-electron chi connectivity index (χ1n) is 6.52. The van der Waals surface area contributed by atoms with Gasteiger partial charge in [-0.2, -0.15) is 0 Å². The predicted molar refractivity (Wildman–Crippen MR) is 81.8 cm³/mol. The average Bonchev–Trinajstić information content (AvgIpc) is 2.49. The molecule has 7 heteroatoms. The first-order chi connectivity index (χ1) is 10.3. The van der Waals surface area contributed by atoms with Crippen LogP contribution in [0.4, 0.5) is 4.39 Å². The minimum atomic E-state index is -0.870. The molecular formula is C15H15Cl2FO4. The summed E-state index contributed by atoms with van der Waals surface area (Å²) in [5.74, 6) is -2.47. The van der Waals surface area contributed by atoms with Crippen LogP contribution in [0.1, 0.15) is 29.8 Å². The van der Waals surface area contributed by atoms with Gasteiger partial charge in [0.05, 0.1) is 23.3 Å². The quantitative estimate of drug-likeness (QED) is 0.148. The fourth-order valence-corrected chi connectivity index (χ4v) is 2.04. The highest BCUT2D eigenvalue weighted by atomic mass is 35.5. The molecule has 0 amide bonds. The molecule has 0 aliphatic carbocycles. The summed E-state index contributed by atoms with van der Waals surface area (Å²) in [7, 11) is 0. The van der Waals surface area contributed by atoms with Gasteiger partial charge in [0.25, 0.3) is 0 Å². The molecule has 1 rings (SSSR count). The van der Waals surface area contributed by atoms with E-state index in [2.05, 4.69) is 0 Å². The lowest BCUT2D eigenvalue weighted by molar-refractivity contribution is -0.138. The first-order valence-corrected chi connectivity index (χ1v) is 7.28. The van der Waals surface area contributed by atoms with Crippen LogP contribution in [0.25, 0.3) is 0 Å². The molecule has 0 radical (unpaired) electrons. The molecule has 22 heavy (non-hydrogen) atoms. The van der Waals surface area contributed by atoms with Gasteiger partial charge in [-0.25, -0.2) is 9.18 Å². The lowest BCUT2D eigenvalue weighted by Gasteiger charge is -2.11. The summed E-state index contributed by atoms with van der Waals surface area (Å²) in [6.45, 7) is 5.08. The van der Waals surface area contributed by atoms with Crippen LogP contribution >= 0.6 is 23.2 Å². The van der Waals surface area contributed by atoms with E-state index in [1.54, 1.807) is 13.8 Å². The number of ketones is 1. The number of hydrogen-bond acceptors (Lipinski definition) is 4. The predicted octanol–water partition coefficient (Wildman–Crippen LogP) is 4.11. The molecule has 0 N–H and O–H groups in total. The molecular weight excluding hydrogens is 334 g/mol. The molecule has 4 nitrogen and oxygen atoms in total. The average molecular weight is 349 g/mol. The van der Waals surface area contributed by atoms with Crippen LogP contribution in [0.5, 0.6) is 0 Å². The van der Waals surface area contributed by atoms with Gasteiger partial charge < -0.3 is 9.47 Å². The van der Waals surface area contributed by atoms with Gasteiger partial charge >= 0.3 is 5.97 Å². The molecule has 0 saturated heterocycles. The molecule has 0 heterocycles. The van der Waals surface area contributed by atoms with Crippen molar-refractivity contribution in [2.75, 3.05) is 13.2 Å². The van der Waals surface area contributed by atoms with Gasteiger partial charge in [-0.05, 0) is 32.4 Å². The lowest BCUT2D eigenvalue weighted by atomic mass is 10.0. The van der Waals surface area contributed by atoms with Gasteiger partial charge in [0.15, 0.2) is 0 Å². The number of hydrogen-bond donors (Lipinski definition) is 0. The van der Waals surface area contributed by atoms with Crippen LogP contribution in [-0.2, 0) is 14.3 Å². The topological polar surface area (TPSA) is 52.6 Å². The van der Waals surface area contributed by atoms with Crippen molar-refractivity contribution < 1.29 is 23.5 Å². The fraction of sp³-hybridized carbons (Fsp3) is 0.333. The van der Waals surface area contributed by atoms with E-state index in [1.165, 1.54) is 6.92 Å². The Labute approximate surface area is 137 Å². The van der Waals surface area contributed by atoms with E-state index in [0.29, 0.717) is 0 Å². The van der Waals surface area contributed by atoms with Crippen molar-refractivity contribution in [1.82, 2.24) is 0 Å². The minimum Gasteiger partial charge on any atom is -0.500 e. The number of rotatable bonds is 6. The van der Waals surface area contributed by atoms with Crippen LogP contribution in [0.15, 0.2) is 17.9 Å². The molecule has 0 aromatic heterocycles. The van der Waals surface area contributed by atoms with Gasteiger partial charge in [-0.15, -0.1) is 0 Å². The summed E-state index contributed by atoms with van der Waals surface area (Å²) < 4.78 is 23.5. The number of benzene rings is 1. The Balaban J connectivity index is 3.34. The number of carbonyl (C=O) groups is 2. The maximum Gasteiger partial charge on any atom is 0.345 e. The van der Waals surface area contributed by atoms with E-state index >= 15 is 0 Å². The van der Waals surface area contributed by atoms with E-state index in [4.69, 9.17) is 32.7 Å². The Hall–Kier alpha value is -1.59. The van der Waals surface area contributed by atoms with E-state index in [0.717, 1.165) is 12.3 Å². The molecule has 0 atom stereocenters. The fourth-order valence-electron chi connectivity index (χ4n) is 1.61. The zero-order chi connectivity index (χ0) is 16.9. The minimum absolute atomic E-state index is 0.0249. The highest BCUT2D eigenvalue weighted by Crippen LogP contribution is 2.31. The van der Waals surface area contributed by atoms with Crippen molar-refractivity contribution >= 4 is 35.0 Å². The highest BCUT2D eigenvalue weighted by Gasteiger charge is 2.26. The SMILES string of the molecule is CCOC=C(C(=O)OCC)C(=O)c1cc(F)c(Cl)c(C)c1Cl. The van der Waals surface area contributed by atoms with Crippen LogP contribution < -0.4 is 0 Å². The summed E-state index contributed by atoms with van der Waals surface area (Å²) in [6.07, 6.45) is 0.985. The van der Waals surface area contributed by atoms with Gasteiger partial charge in [0.1, 0.15) is 17.7 Å². The van der Waals surface area contributed by atoms with Crippen molar-refractivity contribution in [1.29, 1.82) is 0 Å². The summed E-state index contributed by atoms with van der Waals surface area (Å²) in [5.41, 5.74) is -0.335. The number of halogens is 3. The largest absolute Gasteiger partial charge is 0.500 e. The standard InChI is InChI=1S/C15H15Cl2FO4/c1-4-21-7-10(15(20)22-5-2)14(19)9-6-11(18)13(17)8(3)12(9)16/h6-7H,4-5H2,1-3H3. The molecule has 1 aromatic carbocycles. The number of Topliss-reactive ketones (excluding diaryl/α,β-unsaturated/α-hetero) is 1. The number of esters is 1. The zero-order valence-corrected chi connectivity index (χ0v) is 13.8. The number of ether oxygens (including phenoxy) is 2. The normalized spacial score (nSPS) is 11.3. The first kappa shape index (κ1) is 18.5. The maximum atomic E-state index is 13.7. The lowest BCUT2D eigenvalue weighted by Crippen LogP contribution is -2.17. The van der Waals surface area contributed by atoms with Gasteiger partial charge in [0.2, 0.25) is 5.78 Å². The van der Waals surface area contributed by atoms with Gasteiger partial charge in [-0.1, -0.05) is 23.2 Å². The molecule has 0 aliphatic rings. The molecule has 0 aliphatic heterocycles.